The van der Waals surface area contributed by atoms with Gasteiger partial charge in [0.05, 0.1) is 23.6 Å². The molecule has 4 atom stereocenters. The fraction of sp³-hybridized carbons (Fsp3) is 0.560. The highest BCUT2D eigenvalue weighted by Crippen LogP contribution is 2.56. The van der Waals surface area contributed by atoms with E-state index in [0.717, 1.165) is 43.4 Å². The molecule has 204 valence electrons. The zero-order chi connectivity index (χ0) is 27.2. The lowest BCUT2D eigenvalue weighted by Crippen LogP contribution is -2.45. The Morgan fingerprint density at radius 2 is 2.11 bits per heavy atom. The van der Waals surface area contributed by atoms with Gasteiger partial charge in [0, 0.05) is 22.8 Å². The van der Waals surface area contributed by atoms with Crippen LogP contribution in [0.3, 0.4) is 0 Å². The summed E-state index contributed by atoms with van der Waals surface area (Å²) in [5.74, 6) is -0.453. The molecule has 1 saturated heterocycles. The van der Waals surface area contributed by atoms with Crippen LogP contribution in [0, 0.1) is 0 Å². The molecular formula is C25H34F2N3O5PS. The van der Waals surface area contributed by atoms with Crippen LogP contribution in [0.5, 0.6) is 0 Å². The Morgan fingerprint density at radius 1 is 1.35 bits per heavy atom. The zero-order valence-electron chi connectivity index (χ0n) is 21.2. The quantitative estimate of drug-likeness (QED) is 0.268. The van der Waals surface area contributed by atoms with Crippen molar-refractivity contribution in [2.45, 2.75) is 56.9 Å². The molecule has 0 bridgehead atoms. The van der Waals surface area contributed by atoms with Gasteiger partial charge in [-0.1, -0.05) is 13.0 Å². The molecule has 8 nitrogen and oxygen atoms in total. The van der Waals surface area contributed by atoms with E-state index in [1.54, 1.807) is 0 Å². The van der Waals surface area contributed by atoms with Crippen molar-refractivity contribution < 1.29 is 32.6 Å². The molecule has 0 spiro atoms. The highest BCUT2D eigenvalue weighted by molar-refractivity contribution is 7.47. The minimum atomic E-state index is -3.54. The van der Waals surface area contributed by atoms with Gasteiger partial charge in [0.2, 0.25) is 8.38 Å². The van der Waals surface area contributed by atoms with Gasteiger partial charge in [-0.3, -0.25) is 9.69 Å². The highest BCUT2D eigenvalue weighted by Gasteiger charge is 2.43. The lowest BCUT2D eigenvalue weighted by atomic mass is 10.1. The predicted molar refractivity (Wildman–Crippen MR) is 141 cm³/mol. The molecule has 37 heavy (non-hydrogen) atoms. The number of likely N-dealkylation sites (N-methyl/N-ethyl adjacent to an activating group) is 2. The van der Waals surface area contributed by atoms with Crippen LogP contribution in [0.2, 0.25) is 0 Å². The second-order valence-electron chi connectivity index (χ2n) is 9.09. The van der Waals surface area contributed by atoms with E-state index in [0.29, 0.717) is 40.4 Å². The number of carbonyl (C=O) groups is 3. The summed E-state index contributed by atoms with van der Waals surface area (Å²) in [4.78, 5) is 50.0. The average Bonchev–Trinajstić information content (AvgIpc) is 3.48. The third-order valence-electron chi connectivity index (χ3n) is 6.79. The summed E-state index contributed by atoms with van der Waals surface area (Å²) in [5, 5.41) is 3.19. The Labute approximate surface area is 220 Å². The molecule has 1 aliphatic rings. The summed E-state index contributed by atoms with van der Waals surface area (Å²) in [6.07, 6.45) is 4.36. The molecule has 1 fully saturated rings. The normalized spacial score (nSPS) is 20.3. The lowest BCUT2D eigenvalue weighted by molar-refractivity contribution is -0.111. The van der Waals surface area contributed by atoms with Crippen molar-refractivity contribution in [3.8, 4) is 0 Å². The Bertz CT molecular complexity index is 1090. The number of amides is 1. The van der Waals surface area contributed by atoms with Crippen molar-refractivity contribution >= 4 is 48.3 Å². The molecule has 2 N–H and O–H groups in total. The summed E-state index contributed by atoms with van der Waals surface area (Å²) in [5.41, 5.74) is -3.93. The highest BCUT2D eigenvalue weighted by atomic mass is 32.1. The molecule has 1 unspecified atom stereocenters. The van der Waals surface area contributed by atoms with Gasteiger partial charge in [0.1, 0.15) is 12.6 Å². The van der Waals surface area contributed by atoms with Gasteiger partial charge in [0.25, 0.3) is 5.91 Å². The maximum absolute atomic E-state index is 14.5. The average molecular weight is 558 g/mol. The fourth-order valence-corrected chi connectivity index (χ4v) is 6.27. The van der Waals surface area contributed by atoms with Gasteiger partial charge in [-0.25, -0.2) is 0 Å². The molecule has 12 heteroatoms. The van der Waals surface area contributed by atoms with E-state index in [1.165, 1.54) is 31.2 Å². The zero-order valence-corrected chi connectivity index (χ0v) is 22.9. The molecule has 0 saturated carbocycles. The summed E-state index contributed by atoms with van der Waals surface area (Å²) < 4.78 is 34.4. The van der Waals surface area contributed by atoms with E-state index in [1.807, 2.05) is 14.0 Å². The molecule has 2 aromatic rings. The Kier molecular flexibility index (Phi) is 10.6. The topological polar surface area (TPSA) is 99.2 Å². The predicted octanol–water partition coefficient (Wildman–Crippen LogP) is 3.96. The maximum atomic E-state index is 14.5. The van der Waals surface area contributed by atoms with Crippen LogP contribution in [0.1, 0.15) is 48.3 Å². The van der Waals surface area contributed by atoms with Gasteiger partial charge >= 0.3 is 5.66 Å². The summed E-state index contributed by atoms with van der Waals surface area (Å²) in [6.45, 7) is 5.25. The van der Waals surface area contributed by atoms with Crippen molar-refractivity contribution in [2.75, 3.05) is 33.3 Å². The first kappa shape index (κ1) is 29.7. The number of fused-ring (bicyclic) bond motifs is 1. The van der Waals surface area contributed by atoms with Crippen molar-refractivity contribution in [2.24, 2.45) is 0 Å². The third kappa shape index (κ3) is 7.16. The van der Waals surface area contributed by atoms with E-state index < -0.39 is 26.0 Å². The van der Waals surface area contributed by atoms with Gasteiger partial charge in [-0.15, -0.1) is 11.3 Å². The molecule has 3 rings (SSSR count). The number of hydrogen-bond donors (Lipinski definition) is 2. The number of halogens is 2. The van der Waals surface area contributed by atoms with Gasteiger partial charge in [-0.05, 0) is 69.9 Å². The van der Waals surface area contributed by atoms with Crippen LogP contribution in [0.15, 0.2) is 24.3 Å². The number of alkyl halides is 2. The molecule has 1 aliphatic heterocycles. The lowest BCUT2D eigenvalue weighted by Gasteiger charge is -2.28. The van der Waals surface area contributed by atoms with Crippen LogP contribution in [0.25, 0.3) is 10.1 Å². The second-order valence-corrected chi connectivity index (χ2v) is 11.5. The number of benzene rings is 1. The Hall–Kier alpha value is -1.88. The van der Waals surface area contributed by atoms with E-state index in [4.69, 9.17) is 4.52 Å². The van der Waals surface area contributed by atoms with Crippen LogP contribution < -0.4 is 5.32 Å². The van der Waals surface area contributed by atoms with E-state index in [2.05, 4.69) is 15.1 Å². The van der Waals surface area contributed by atoms with Crippen LogP contribution in [-0.2, 0) is 19.8 Å². The number of hydrogen-bond acceptors (Lipinski definition) is 8. The largest absolute Gasteiger partial charge is 0.345 e. The van der Waals surface area contributed by atoms with E-state index in [-0.39, 0.29) is 18.2 Å². The molecular weight excluding hydrogens is 523 g/mol. The second kappa shape index (κ2) is 13.3. The number of nitrogens with one attached hydrogen (secondary N) is 1. The minimum Gasteiger partial charge on any atom is -0.345 e. The monoisotopic (exact) mass is 557 g/mol. The van der Waals surface area contributed by atoms with Crippen molar-refractivity contribution in [3.63, 3.8) is 0 Å². The number of aldehydes is 2. The standard InChI is InChI=1S/C25H34F2N3O5PS/c1-4-30(11-10-20-7-8-21(16-32)29(20)3)14-19(15-31)28-24(33)23-13-17-12-18(6-9-22(17)37-23)25(26,27)36(34)35-5-2/h6,9,12-13,15-16,19-21,34H,4-5,7-8,10-11,14H2,1-3H3,(H,28,33)/t19-,20+,21-,36?/m0/s1. The Balaban J connectivity index is 1.62. The SMILES string of the molecule is CCOP(O)C(F)(F)c1ccc2sc(C(=O)N[C@H](C=O)CN(CC)CC[C@H]3CC[C@@H](C=O)N3C)cc2c1. The Morgan fingerprint density at radius 3 is 2.73 bits per heavy atom. The number of nitrogens with zero attached hydrogens (tertiary/aromatic N) is 2. The van der Waals surface area contributed by atoms with Crippen molar-refractivity contribution in [1.29, 1.82) is 0 Å². The van der Waals surface area contributed by atoms with Crippen LogP contribution in [0.4, 0.5) is 8.78 Å². The van der Waals surface area contributed by atoms with Crippen molar-refractivity contribution in [1.82, 2.24) is 15.1 Å². The number of carbonyl (C=O) groups excluding carboxylic acids is 3. The van der Waals surface area contributed by atoms with Gasteiger partial charge < -0.3 is 29.2 Å². The number of rotatable bonds is 14. The molecule has 2 heterocycles. The fourth-order valence-electron chi connectivity index (χ4n) is 4.56. The smallest absolute Gasteiger partial charge is 0.339 e. The molecule has 0 radical (unpaired) electrons. The third-order valence-corrected chi connectivity index (χ3v) is 9.15. The van der Waals surface area contributed by atoms with Crippen LogP contribution in [-0.4, -0.2) is 84.6 Å². The van der Waals surface area contributed by atoms with Crippen molar-refractivity contribution in [3.05, 3.63) is 34.7 Å². The van der Waals surface area contributed by atoms with E-state index >= 15 is 0 Å². The van der Waals surface area contributed by atoms with E-state index in [9.17, 15) is 28.1 Å². The number of likely N-dealkylation sites (tertiary alicyclic amines) is 1. The van der Waals surface area contributed by atoms with Gasteiger partial charge in [-0.2, -0.15) is 8.78 Å². The maximum Gasteiger partial charge on any atom is 0.339 e. The summed E-state index contributed by atoms with van der Waals surface area (Å²) in [6, 6.07) is 5.00. The van der Waals surface area contributed by atoms with Gasteiger partial charge in [0.15, 0.2) is 0 Å². The minimum absolute atomic E-state index is 0.0333. The molecule has 1 amide bonds. The first-order chi connectivity index (χ1) is 17.6. The summed E-state index contributed by atoms with van der Waals surface area (Å²) in [7, 11) is -1.01. The number of thiophene rings is 1. The molecule has 1 aromatic heterocycles. The molecule has 1 aromatic carbocycles. The summed E-state index contributed by atoms with van der Waals surface area (Å²) >= 11 is 1.14. The molecule has 0 aliphatic carbocycles. The first-order valence-electron chi connectivity index (χ1n) is 12.3. The van der Waals surface area contributed by atoms with Crippen LogP contribution >= 0.6 is 19.7 Å². The first-order valence-corrected chi connectivity index (χ1v) is 14.4.